The van der Waals surface area contributed by atoms with Crippen molar-refractivity contribution >= 4 is 21.7 Å². The maximum atomic E-state index is 12.2. The van der Waals surface area contributed by atoms with Crippen LogP contribution in [0.2, 0.25) is 0 Å². The topological polar surface area (TPSA) is 111 Å². The van der Waals surface area contributed by atoms with Crippen molar-refractivity contribution in [2.75, 3.05) is 18.6 Å². The summed E-state index contributed by atoms with van der Waals surface area (Å²) in [7, 11) is -1.56. The van der Waals surface area contributed by atoms with Crippen molar-refractivity contribution in [3.05, 3.63) is 23.8 Å². The zero-order valence-electron chi connectivity index (χ0n) is 15.1. The average molecular weight is 384 g/mol. The van der Waals surface area contributed by atoms with E-state index in [4.69, 9.17) is 9.47 Å². The number of hydrazine groups is 1. The lowest BCUT2D eigenvalue weighted by atomic mass is 10.1. The summed E-state index contributed by atoms with van der Waals surface area (Å²) in [5.41, 5.74) is 4.93. The van der Waals surface area contributed by atoms with Crippen molar-refractivity contribution in [3.8, 4) is 11.5 Å². The first-order chi connectivity index (χ1) is 12.2. The van der Waals surface area contributed by atoms with Gasteiger partial charge in [-0.05, 0) is 44.4 Å². The van der Waals surface area contributed by atoms with Gasteiger partial charge in [-0.2, -0.15) is 0 Å². The lowest BCUT2D eigenvalue weighted by Crippen LogP contribution is -2.42. The molecule has 2 N–H and O–H groups in total. The molecule has 0 bridgehead atoms. The Morgan fingerprint density at radius 1 is 1.23 bits per heavy atom. The molecule has 0 unspecified atom stereocenters. The van der Waals surface area contributed by atoms with E-state index in [2.05, 4.69) is 10.9 Å². The molecule has 144 valence electrons. The van der Waals surface area contributed by atoms with Gasteiger partial charge in [-0.1, -0.05) is 0 Å². The summed E-state index contributed by atoms with van der Waals surface area (Å²) in [5.74, 6) is -0.0760. The van der Waals surface area contributed by atoms with Gasteiger partial charge in [-0.25, -0.2) is 8.42 Å². The Morgan fingerprint density at radius 3 is 2.54 bits per heavy atom. The molecule has 0 spiro atoms. The van der Waals surface area contributed by atoms with Crippen molar-refractivity contribution in [1.29, 1.82) is 0 Å². The van der Waals surface area contributed by atoms with E-state index >= 15 is 0 Å². The lowest BCUT2D eigenvalue weighted by molar-refractivity contribution is -0.122. The monoisotopic (exact) mass is 384 g/mol. The van der Waals surface area contributed by atoms with Gasteiger partial charge >= 0.3 is 0 Å². The summed E-state index contributed by atoms with van der Waals surface area (Å²) in [6, 6.07) is 4.70. The first-order valence-corrected chi connectivity index (χ1v) is 10.2. The minimum absolute atomic E-state index is 0.0167. The van der Waals surface area contributed by atoms with Gasteiger partial charge in [0.05, 0.1) is 24.7 Å². The minimum atomic E-state index is -3.03. The molecule has 1 fully saturated rings. The third-order valence-corrected chi connectivity index (χ3v) is 5.74. The number of amides is 2. The second-order valence-electron chi connectivity index (χ2n) is 6.51. The molecule has 1 saturated heterocycles. The Balaban J connectivity index is 1.90. The molecule has 1 aromatic carbocycles. The van der Waals surface area contributed by atoms with E-state index < -0.39 is 21.7 Å². The van der Waals surface area contributed by atoms with Crippen LogP contribution in [0.3, 0.4) is 0 Å². The summed E-state index contributed by atoms with van der Waals surface area (Å²) < 4.78 is 33.6. The first kappa shape index (κ1) is 20.0. The van der Waals surface area contributed by atoms with Crippen LogP contribution in [0.1, 0.15) is 37.0 Å². The predicted molar refractivity (Wildman–Crippen MR) is 95.7 cm³/mol. The van der Waals surface area contributed by atoms with E-state index in [1.165, 1.54) is 13.2 Å². The number of carbonyl (C=O) groups is 2. The second-order valence-corrected chi connectivity index (χ2v) is 8.74. The van der Waals surface area contributed by atoms with E-state index in [0.717, 1.165) is 0 Å². The van der Waals surface area contributed by atoms with Crippen molar-refractivity contribution < 1.29 is 27.5 Å². The smallest absolute Gasteiger partial charge is 0.269 e. The molecule has 1 aliphatic rings. The third kappa shape index (κ3) is 5.62. The number of carbonyl (C=O) groups excluding carboxylic acids is 2. The number of benzene rings is 1. The maximum absolute atomic E-state index is 12.2. The van der Waals surface area contributed by atoms with Crippen LogP contribution >= 0.6 is 0 Å². The zero-order chi connectivity index (χ0) is 19.3. The van der Waals surface area contributed by atoms with E-state index in [0.29, 0.717) is 23.5 Å². The van der Waals surface area contributed by atoms with Crippen molar-refractivity contribution in [3.63, 3.8) is 0 Å². The van der Waals surface area contributed by atoms with E-state index in [1.807, 2.05) is 13.8 Å². The van der Waals surface area contributed by atoms with Gasteiger partial charge in [0.1, 0.15) is 0 Å². The Bertz CT molecular complexity index is 775. The number of ether oxygens (including phenoxy) is 2. The van der Waals surface area contributed by atoms with Crippen LogP contribution in [0.15, 0.2) is 18.2 Å². The first-order valence-electron chi connectivity index (χ1n) is 8.34. The number of nitrogens with one attached hydrogen (secondary N) is 2. The predicted octanol–water partition coefficient (Wildman–Crippen LogP) is 1.07. The number of sulfone groups is 1. The largest absolute Gasteiger partial charge is 0.493 e. The maximum Gasteiger partial charge on any atom is 0.269 e. The summed E-state index contributed by atoms with van der Waals surface area (Å²) in [6.45, 7) is 3.76. The molecule has 2 amide bonds. The van der Waals surface area contributed by atoms with Crippen LogP contribution in [0.25, 0.3) is 0 Å². The SMILES string of the molecule is COc1cc(C(=O)NNC(=O)C[C@@H]2CCS(=O)(=O)C2)ccc1OC(C)C. The molecule has 1 atom stereocenters. The number of hydrogen-bond donors (Lipinski definition) is 2. The molecule has 8 nitrogen and oxygen atoms in total. The highest BCUT2D eigenvalue weighted by atomic mass is 32.2. The molecule has 1 aliphatic heterocycles. The standard InChI is InChI=1S/C17H24N2O6S/c1-11(2)25-14-5-4-13(9-15(14)24-3)17(21)19-18-16(20)8-12-6-7-26(22,23)10-12/h4-5,9,11-12H,6-8,10H2,1-3H3,(H,18,20)(H,19,21)/t12-/m0/s1. The van der Waals surface area contributed by atoms with Gasteiger partial charge in [0.25, 0.3) is 5.91 Å². The molecule has 0 aromatic heterocycles. The zero-order valence-corrected chi connectivity index (χ0v) is 15.9. The van der Waals surface area contributed by atoms with Crippen molar-refractivity contribution in [2.45, 2.75) is 32.8 Å². The Morgan fingerprint density at radius 2 is 1.96 bits per heavy atom. The average Bonchev–Trinajstić information content (AvgIpc) is 2.91. The molecule has 26 heavy (non-hydrogen) atoms. The Labute approximate surface area is 153 Å². The van der Waals surface area contributed by atoms with Gasteiger partial charge in [-0.15, -0.1) is 0 Å². The number of hydrogen-bond acceptors (Lipinski definition) is 6. The Hall–Kier alpha value is -2.29. The molecular formula is C17H24N2O6S. The van der Waals surface area contributed by atoms with Gasteiger partial charge < -0.3 is 9.47 Å². The molecule has 9 heteroatoms. The van der Waals surface area contributed by atoms with Crippen LogP contribution in [-0.2, 0) is 14.6 Å². The van der Waals surface area contributed by atoms with Gasteiger partial charge in [-0.3, -0.25) is 20.4 Å². The number of methoxy groups -OCH3 is 1. The molecule has 0 saturated carbocycles. The Kier molecular flexibility index (Phi) is 6.47. The molecule has 2 rings (SSSR count). The van der Waals surface area contributed by atoms with Crippen LogP contribution in [0.5, 0.6) is 11.5 Å². The highest BCUT2D eigenvalue weighted by Crippen LogP contribution is 2.29. The highest BCUT2D eigenvalue weighted by molar-refractivity contribution is 7.91. The van der Waals surface area contributed by atoms with E-state index in [1.54, 1.807) is 12.1 Å². The molecule has 1 aromatic rings. The fraction of sp³-hybridized carbons (Fsp3) is 0.529. The molecular weight excluding hydrogens is 360 g/mol. The second kappa shape index (κ2) is 8.39. The van der Waals surface area contributed by atoms with Gasteiger partial charge in [0.2, 0.25) is 5.91 Å². The van der Waals surface area contributed by atoms with E-state index in [-0.39, 0.29) is 29.9 Å². The van der Waals surface area contributed by atoms with Crippen LogP contribution in [0, 0.1) is 5.92 Å². The molecule has 1 heterocycles. The van der Waals surface area contributed by atoms with Crippen LogP contribution in [-0.4, -0.2) is 45.0 Å². The van der Waals surface area contributed by atoms with Crippen LogP contribution < -0.4 is 20.3 Å². The summed E-state index contributed by atoms with van der Waals surface area (Å²) in [5, 5.41) is 0. The summed E-state index contributed by atoms with van der Waals surface area (Å²) >= 11 is 0. The summed E-state index contributed by atoms with van der Waals surface area (Å²) in [4.78, 5) is 24.1. The van der Waals surface area contributed by atoms with E-state index in [9.17, 15) is 18.0 Å². The minimum Gasteiger partial charge on any atom is -0.493 e. The molecule has 0 radical (unpaired) electrons. The quantitative estimate of drug-likeness (QED) is 0.710. The van der Waals surface area contributed by atoms with Gasteiger partial charge in [0.15, 0.2) is 21.3 Å². The lowest BCUT2D eigenvalue weighted by Gasteiger charge is -2.15. The summed E-state index contributed by atoms with van der Waals surface area (Å²) in [6.07, 6.45) is 0.490. The highest BCUT2D eigenvalue weighted by Gasteiger charge is 2.29. The van der Waals surface area contributed by atoms with Crippen molar-refractivity contribution in [2.24, 2.45) is 5.92 Å². The third-order valence-electron chi connectivity index (χ3n) is 3.90. The van der Waals surface area contributed by atoms with Gasteiger partial charge in [0, 0.05) is 12.0 Å². The fourth-order valence-electron chi connectivity index (χ4n) is 2.70. The van der Waals surface area contributed by atoms with Crippen LogP contribution in [0.4, 0.5) is 0 Å². The van der Waals surface area contributed by atoms with Crippen molar-refractivity contribution in [1.82, 2.24) is 10.9 Å². The molecule has 0 aliphatic carbocycles. The fourth-order valence-corrected chi connectivity index (χ4v) is 4.57. The normalized spacial score (nSPS) is 18.4. The number of rotatable bonds is 6.